The summed E-state index contributed by atoms with van der Waals surface area (Å²) >= 11 is 0. The number of benzene rings is 1. The molecule has 0 unspecified atom stereocenters. The second-order valence-electron chi connectivity index (χ2n) is 8.79. The lowest BCUT2D eigenvalue weighted by molar-refractivity contribution is 0.280. The fraction of sp³-hybridized carbons (Fsp3) is 0.400. The highest BCUT2D eigenvalue weighted by Gasteiger charge is 2.18. The predicted molar refractivity (Wildman–Crippen MR) is 146 cm³/mol. The summed E-state index contributed by atoms with van der Waals surface area (Å²) in [6, 6.07) is 5.34. The average molecular weight is 551 g/mol. The first-order valence-corrected chi connectivity index (χ1v) is 12.1. The van der Waals surface area contributed by atoms with E-state index in [1.165, 1.54) is 12.1 Å². The molecule has 13 heteroatoms. The summed E-state index contributed by atoms with van der Waals surface area (Å²) in [6.45, 7) is 6.03. The van der Waals surface area contributed by atoms with Crippen LogP contribution in [0.15, 0.2) is 36.5 Å². The molecule has 3 heterocycles. The fourth-order valence-electron chi connectivity index (χ4n) is 4.35. The van der Waals surface area contributed by atoms with Gasteiger partial charge in [0.15, 0.2) is 5.82 Å². The van der Waals surface area contributed by atoms with Crippen LogP contribution in [0, 0.1) is 18.6 Å². The zero-order chi connectivity index (χ0) is 26.4. The van der Waals surface area contributed by atoms with Gasteiger partial charge in [0.25, 0.3) is 0 Å². The van der Waals surface area contributed by atoms with Gasteiger partial charge in [-0.15, -0.1) is 12.4 Å². The van der Waals surface area contributed by atoms with Crippen LogP contribution in [-0.2, 0) is 0 Å². The minimum absolute atomic E-state index is 0. The van der Waals surface area contributed by atoms with E-state index < -0.39 is 11.6 Å². The number of nitrogens with two attached hydrogens (primary N) is 1. The molecule has 2 aromatic heterocycles. The third kappa shape index (κ3) is 7.16. The Kier molecular flexibility index (Phi) is 10.4. The van der Waals surface area contributed by atoms with Gasteiger partial charge in [-0.3, -0.25) is 4.90 Å². The number of anilines is 3. The standard InChI is InChI=1S/C25H32F2N8O2.ClH/c1-18-19(3-2-4-32-5-7-33(8-6-32)22-14-20(26)13-21(27)15-22)17-29-35(18)24-16-23(30-25(28)31-24)34(9-11-36)10-12-37;/h2-3,13-17,36-37H,4-12H2,1H3,(H2,28,30,31);1H/b3-2+;. The molecule has 0 aliphatic carbocycles. The van der Waals surface area contributed by atoms with Crippen molar-refractivity contribution in [1.29, 1.82) is 0 Å². The Labute approximate surface area is 226 Å². The lowest BCUT2D eigenvalue weighted by atomic mass is 10.2. The van der Waals surface area contributed by atoms with Crippen molar-refractivity contribution in [3.63, 3.8) is 0 Å². The summed E-state index contributed by atoms with van der Waals surface area (Å²) < 4.78 is 28.8. The second-order valence-corrected chi connectivity index (χ2v) is 8.79. The summed E-state index contributed by atoms with van der Waals surface area (Å²) in [7, 11) is 0. The number of aliphatic hydroxyl groups is 2. The second kappa shape index (κ2) is 13.5. The molecule has 1 aromatic carbocycles. The highest BCUT2D eigenvalue weighted by molar-refractivity contribution is 5.85. The van der Waals surface area contributed by atoms with E-state index in [-0.39, 0.29) is 31.6 Å². The van der Waals surface area contributed by atoms with E-state index in [0.29, 0.717) is 43.5 Å². The summed E-state index contributed by atoms with van der Waals surface area (Å²) in [6.07, 6.45) is 5.82. The number of aromatic nitrogens is 4. The van der Waals surface area contributed by atoms with E-state index in [4.69, 9.17) is 5.73 Å². The number of piperazine rings is 1. The molecular weight excluding hydrogens is 518 g/mol. The van der Waals surface area contributed by atoms with Crippen molar-refractivity contribution >= 4 is 35.9 Å². The SMILES string of the molecule is Cc1c(/C=C/CN2CCN(c3cc(F)cc(F)c3)CC2)cnn1-c1cc(N(CCO)CCO)nc(N)n1.Cl. The Bertz CT molecular complexity index is 1210. The molecule has 0 amide bonds. The maximum absolute atomic E-state index is 13.5. The van der Waals surface area contributed by atoms with E-state index >= 15 is 0 Å². The van der Waals surface area contributed by atoms with Crippen molar-refractivity contribution in [2.45, 2.75) is 6.92 Å². The molecule has 1 fully saturated rings. The summed E-state index contributed by atoms with van der Waals surface area (Å²) in [5, 5.41) is 23.1. The molecule has 4 N–H and O–H groups in total. The summed E-state index contributed by atoms with van der Waals surface area (Å²) in [4.78, 5) is 14.5. The van der Waals surface area contributed by atoms with E-state index in [1.54, 1.807) is 21.8 Å². The third-order valence-corrected chi connectivity index (χ3v) is 6.29. The largest absolute Gasteiger partial charge is 0.395 e. The van der Waals surface area contributed by atoms with Crippen LogP contribution in [0.5, 0.6) is 0 Å². The van der Waals surface area contributed by atoms with Crippen LogP contribution in [0.25, 0.3) is 11.9 Å². The maximum atomic E-state index is 13.5. The molecule has 0 radical (unpaired) electrons. The zero-order valence-electron chi connectivity index (χ0n) is 21.2. The Morgan fingerprint density at radius 3 is 2.29 bits per heavy atom. The van der Waals surface area contributed by atoms with Gasteiger partial charge in [0, 0.05) is 69.2 Å². The van der Waals surface area contributed by atoms with Gasteiger partial charge < -0.3 is 25.7 Å². The smallest absolute Gasteiger partial charge is 0.224 e. The van der Waals surface area contributed by atoms with E-state index in [1.807, 2.05) is 17.9 Å². The van der Waals surface area contributed by atoms with Crippen molar-refractivity contribution in [3.8, 4) is 5.82 Å². The molecule has 1 aliphatic rings. The first kappa shape index (κ1) is 29.2. The van der Waals surface area contributed by atoms with Gasteiger partial charge in [-0.25, -0.2) is 13.5 Å². The normalized spacial score (nSPS) is 14.2. The Morgan fingerprint density at radius 2 is 1.66 bits per heavy atom. The van der Waals surface area contributed by atoms with Crippen molar-refractivity contribution in [1.82, 2.24) is 24.6 Å². The van der Waals surface area contributed by atoms with Crippen molar-refractivity contribution in [2.24, 2.45) is 0 Å². The summed E-state index contributed by atoms with van der Waals surface area (Å²) in [5.74, 6) is -0.0711. The van der Waals surface area contributed by atoms with Gasteiger partial charge in [0.05, 0.1) is 25.1 Å². The van der Waals surface area contributed by atoms with Gasteiger partial charge in [-0.2, -0.15) is 15.1 Å². The molecule has 1 aliphatic heterocycles. The van der Waals surface area contributed by atoms with Crippen LogP contribution in [-0.4, -0.2) is 93.9 Å². The number of rotatable bonds is 10. The predicted octanol–water partition coefficient (Wildman–Crippen LogP) is 1.88. The van der Waals surface area contributed by atoms with E-state index in [9.17, 15) is 19.0 Å². The molecule has 3 aromatic rings. The molecule has 0 saturated carbocycles. The minimum atomic E-state index is -0.565. The number of aliphatic hydroxyl groups excluding tert-OH is 2. The van der Waals surface area contributed by atoms with Crippen LogP contribution in [0.3, 0.4) is 0 Å². The third-order valence-electron chi connectivity index (χ3n) is 6.29. The number of hydrogen-bond acceptors (Lipinski definition) is 9. The van der Waals surface area contributed by atoms with Crippen LogP contribution in [0.4, 0.5) is 26.2 Å². The summed E-state index contributed by atoms with van der Waals surface area (Å²) in [5.41, 5.74) is 8.30. The van der Waals surface area contributed by atoms with Gasteiger partial charge in [0.1, 0.15) is 17.5 Å². The highest BCUT2D eigenvalue weighted by atomic mass is 35.5. The van der Waals surface area contributed by atoms with E-state index in [2.05, 4.69) is 26.0 Å². The van der Waals surface area contributed by atoms with Crippen LogP contribution >= 0.6 is 12.4 Å². The number of hydrogen-bond donors (Lipinski definition) is 3. The Balaban J connectivity index is 0.00000400. The van der Waals surface area contributed by atoms with Crippen molar-refractivity contribution < 1.29 is 19.0 Å². The lowest BCUT2D eigenvalue weighted by Crippen LogP contribution is -2.46. The monoisotopic (exact) mass is 550 g/mol. The molecule has 0 atom stereocenters. The molecule has 0 spiro atoms. The topological polar surface area (TPSA) is 120 Å². The fourth-order valence-corrected chi connectivity index (χ4v) is 4.35. The van der Waals surface area contributed by atoms with Gasteiger partial charge in [-0.1, -0.05) is 12.2 Å². The van der Waals surface area contributed by atoms with Crippen LogP contribution in [0.2, 0.25) is 0 Å². The van der Waals surface area contributed by atoms with Gasteiger partial charge in [0.2, 0.25) is 5.95 Å². The van der Waals surface area contributed by atoms with E-state index in [0.717, 1.165) is 37.0 Å². The van der Waals surface area contributed by atoms with Crippen LogP contribution < -0.4 is 15.5 Å². The molecule has 1 saturated heterocycles. The average Bonchev–Trinajstić information content (AvgIpc) is 3.23. The first-order chi connectivity index (χ1) is 17.9. The van der Waals surface area contributed by atoms with Crippen LogP contribution in [0.1, 0.15) is 11.3 Å². The van der Waals surface area contributed by atoms with Crippen molar-refractivity contribution in [3.05, 3.63) is 59.4 Å². The molecule has 4 rings (SSSR count). The Hall–Kier alpha value is -3.32. The number of nitrogen functional groups attached to an aromatic ring is 1. The molecule has 10 nitrogen and oxygen atoms in total. The minimum Gasteiger partial charge on any atom is -0.395 e. The molecular formula is C25H33ClF2N8O2. The number of halogens is 3. The van der Waals surface area contributed by atoms with Gasteiger partial charge >= 0.3 is 0 Å². The lowest BCUT2D eigenvalue weighted by Gasteiger charge is -2.35. The molecule has 0 bridgehead atoms. The first-order valence-electron chi connectivity index (χ1n) is 12.1. The highest BCUT2D eigenvalue weighted by Crippen LogP contribution is 2.21. The maximum Gasteiger partial charge on any atom is 0.224 e. The zero-order valence-corrected chi connectivity index (χ0v) is 22.0. The molecule has 206 valence electrons. The Morgan fingerprint density at radius 1 is 1.00 bits per heavy atom. The van der Waals surface area contributed by atoms with Gasteiger partial charge in [-0.05, 0) is 19.1 Å². The quantitative estimate of drug-likeness (QED) is 0.347. The number of nitrogens with zero attached hydrogens (tertiary/aromatic N) is 7. The van der Waals surface area contributed by atoms with Crippen molar-refractivity contribution in [2.75, 3.05) is 74.6 Å². The molecule has 38 heavy (non-hydrogen) atoms.